The van der Waals surface area contributed by atoms with Gasteiger partial charge in [0.15, 0.2) is 17.4 Å². The van der Waals surface area contributed by atoms with Gasteiger partial charge in [0.05, 0.1) is 46.1 Å². The van der Waals surface area contributed by atoms with Crippen LogP contribution in [0.25, 0.3) is 32.6 Å². The normalized spacial score (nSPS) is 20.2. The zero-order valence-corrected chi connectivity index (χ0v) is 45.7. The number of aliphatic hydroxyl groups excluding tert-OH is 2. The average Bonchev–Trinajstić information content (AvgIpc) is 4.44. The molecule has 0 saturated carbocycles. The van der Waals surface area contributed by atoms with E-state index in [9.17, 15) is 37.4 Å². The molecule has 2 amide bonds. The van der Waals surface area contributed by atoms with Crippen LogP contribution in [0, 0.1) is 24.7 Å². The number of rotatable bonds is 17. The molecule has 0 aliphatic carbocycles. The Balaban J connectivity index is 0.708. The first kappa shape index (κ1) is 54.7. The van der Waals surface area contributed by atoms with E-state index in [-0.39, 0.29) is 84.8 Å². The fourth-order valence-corrected chi connectivity index (χ4v) is 13.4. The minimum Gasteiger partial charge on any atom is -0.394 e. The molecule has 4 aromatic heterocycles. The van der Waals surface area contributed by atoms with Gasteiger partial charge in [-0.1, -0.05) is 67.5 Å². The van der Waals surface area contributed by atoms with Gasteiger partial charge in [0.25, 0.3) is 0 Å². The van der Waals surface area contributed by atoms with Gasteiger partial charge < -0.3 is 39.7 Å². The number of hydrogen-bond donors (Lipinski definition) is 5. The van der Waals surface area contributed by atoms with Crippen LogP contribution in [0.2, 0.25) is 0 Å². The average molecular weight is 1140 g/mol. The van der Waals surface area contributed by atoms with Crippen LogP contribution in [0.5, 0.6) is 0 Å². The predicted octanol–water partition coefficient (Wildman–Crippen LogP) is 6.42. The number of thiazole rings is 1. The Labute approximate surface area is 463 Å². The first-order valence-electron chi connectivity index (χ1n) is 26.6. The number of para-hydroxylation sites is 1. The molecule has 5 atom stereocenters. The number of anilines is 3. The number of aryl methyl sites for hydroxylation is 1. The van der Waals surface area contributed by atoms with Gasteiger partial charge in [-0.25, -0.2) is 14.4 Å². The number of benzene rings is 3. The molecule has 5 N–H and O–H groups in total. The number of nitrogens with zero attached hydrogens (tertiary/aromatic N) is 8. The number of alkyl halides is 1. The quantitative estimate of drug-likeness (QED) is 0.0489. The summed E-state index contributed by atoms with van der Waals surface area (Å²) in [6, 6.07) is 22.1. The maximum atomic E-state index is 15.8. The SMILES string of the molecule is Cc1ncsc1-c1ccc(C(CO)NC(=O)[C@@H]2C[C@@H](O)CN2C(=O)C(c2cc(N3CC(N4CCN(c5cccc(-c6cc7c(C(=O)c8ccccc8NS(=O)(=O)N8CC[C@@H](F)C8)c(F)[nH]c7nc6F)c5)CC4)C3)no2)C(C)C)cc1. The Hall–Kier alpha value is -7.22. The second kappa shape index (κ2) is 22.4. The third kappa shape index (κ3) is 10.8. The summed E-state index contributed by atoms with van der Waals surface area (Å²) in [5, 5.41) is 28.4. The number of likely N-dealkylation sites (tertiary alicyclic amines) is 1. The number of aromatic nitrogens is 4. The molecule has 4 saturated heterocycles. The Bertz CT molecular complexity index is 3560. The maximum Gasteiger partial charge on any atom is 0.301 e. The number of amides is 2. The number of nitrogens with one attached hydrogen (secondary N) is 3. The number of pyridine rings is 1. The number of halogens is 3. The number of carbonyl (C=O) groups excluding carboxylic acids is 3. The van der Waals surface area contributed by atoms with Crippen molar-refractivity contribution in [3.8, 4) is 21.6 Å². The van der Waals surface area contributed by atoms with E-state index in [1.807, 2.05) is 57.2 Å². The molecule has 0 spiro atoms. The number of aromatic amines is 1. The van der Waals surface area contributed by atoms with Crippen LogP contribution < -0.4 is 19.8 Å². The van der Waals surface area contributed by atoms with Crippen LogP contribution in [-0.4, -0.2) is 160 Å². The highest BCUT2D eigenvalue weighted by Gasteiger charge is 2.45. The third-order valence-corrected chi connectivity index (χ3v) is 18.2. The highest BCUT2D eigenvalue weighted by Crippen LogP contribution is 2.37. The molecule has 8 heterocycles. The molecule has 0 radical (unpaired) electrons. The molecular weight excluding hydrogens is 1080 g/mol. The monoisotopic (exact) mass is 1140 g/mol. The summed E-state index contributed by atoms with van der Waals surface area (Å²) in [5.41, 5.74) is 4.71. The number of carbonyl (C=O) groups is 3. The molecule has 80 heavy (non-hydrogen) atoms. The molecule has 3 aromatic carbocycles. The molecule has 4 fully saturated rings. The predicted molar refractivity (Wildman–Crippen MR) is 295 cm³/mol. The second-order valence-corrected chi connectivity index (χ2v) is 23.8. The maximum absolute atomic E-state index is 15.8. The Morgan fingerprint density at radius 1 is 0.912 bits per heavy atom. The Morgan fingerprint density at radius 3 is 2.38 bits per heavy atom. The lowest BCUT2D eigenvalue weighted by atomic mass is 9.91. The van der Waals surface area contributed by atoms with Crippen LogP contribution in [0.4, 0.5) is 30.4 Å². The number of piperazine rings is 1. The second-order valence-electron chi connectivity index (χ2n) is 21.2. The molecule has 19 nitrogen and oxygen atoms in total. The summed E-state index contributed by atoms with van der Waals surface area (Å²) < 4.78 is 80.9. The molecule has 4 aliphatic heterocycles. The van der Waals surface area contributed by atoms with Gasteiger partial charge in [-0.3, -0.25) is 24.0 Å². The fraction of sp³-hybridized carbons (Fsp3) is 0.393. The number of ketones is 1. The molecule has 11 rings (SSSR count). The minimum atomic E-state index is -4.24. The van der Waals surface area contributed by atoms with Crippen LogP contribution in [-0.2, 0) is 19.8 Å². The van der Waals surface area contributed by atoms with E-state index >= 15 is 8.78 Å². The van der Waals surface area contributed by atoms with Gasteiger partial charge in [0, 0.05) is 99.6 Å². The number of hydrogen-bond acceptors (Lipinski definition) is 15. The molecule has 7 aromatic rings. The molecule has 0 bridgehead atoms. The van der Waals surface area contributed by atoms with Crippen LogP contribution in [0.3, 0.4) is 0 Å². The van der Waals surface area contributed by atoms with E-state index in [1.165, 1.54) is 46.6 Å². The zero-order chi connectivity index (χ0) is 56.1. The van der Waals surface area contributed by atoms with E-state index in [2.05, 4.69) is 44.8 Å². The van der Waals surface area contributed by atoms with Crippen molar-refractivity contribution >= 4 is 67.4 Å². The third-order valence-electron chi connectivity index (χ3n) is 15.7. The van der Waals surface area contributed by atoms with E-state index in [0.29, 0.717) is 48.9 Å². The van der Waals surface area contributed by atoms with E-state index in [1.54, 1.807) is 23.7 Å². The molecule has 2 unspecified atom stereocenters. The number of aliphatic hydroxyl groups is 2. The standard InChI is InChI=1S/C56H60F3N11O8S2/c1-31(2)48(56(75)70-28-39(72)22-45(70)55(74)61-44(29-71)33-11-13-34(14-12-33)51-32(3)60-30-79-51)46-24-47(64-78-46)68-26-38(27-68)67-19-17-66(18-20-67)37-8-6-7-35(21-37)41-23-42-49(53(59)63-54(42)62-52(41)58)50(73)40-9-4-5-10-43(40)65-80(76,77)69-16-15-36(57)25-69/h4-14,21,23-24,30-31,36,38-39,44-45,48,65,71-72H,15-20,22,25-29H2,1-3H3,(H,61,74)(H,62,63)/t36-,39-,44?,45+,48?/m1/s1. The molecular formula is C56H60F3N11O8S2. The fourth-order valence-electron chi connectivity index (χ4n) is 11.3. The highest BCUT2D eigenvalue weighted by atomic mass is 32.2. The Kier molecular flexibility index (Phi) is 15.3. The van der Waals surface area contributed by atoms with Crippen molar-refractivity contribution in [2.75, 3.05) is 80.0 Å². The van der Waals surface area contributed by atoms with Crippen LogP contribution >= 0.6 is 11.3 Å². The molecule has 4 aliphatic rings. The lowest BCUT2D eigenvalue weighted by Gasteiger charge is -2.48. The van der Waals surface area contributed by atoms with Crippen molar-refractivity contribution in [2.45, 2.75) is 69.9 Å². The van der Waals surface area contributed by atoms with Crippen molar-refractivity contribution in [3.63, 3.8) is 0 Å². The molecule has 420 valence electrons. The van der Waals surface area contributed by atoms with E-state index in [0.717, 1.165) is 39.2 Å². The van der Waals surface area contributed by atoms with E-state index < -0.39 is 69.6 Å². The first-order valence-corrected chi connectivity index (χ1v) is 28.9. The zero-order valence-electron chi connectivity index (χ0n) is 44.1. The lowest BCUT2D eigenvalue weighted by Crippen LogP contribution is -2.63. The van der Waals surface area contributed by atoms with Gasteiger partial charge in [0.2, 0.25) is 23.7 Å². The Morgan fingerprint density at radius 2 is 1.68 bits per heavy atom. The van der Waals surface area contributed by atoms with Crippen molar-refractivity contribution in [2.24, 2.45) is 5.92 Å². The lowest BCUT2D eigenvalue weighted by molar-refractivity contribution is -0.141. The van der Waals surface area contributed by atoms with Gasteiger partial charge in [0.1, 0.15) is 23.8 Å². The van der Waals surface area contributed by atoms with Crippen LogP contribution in [0.15, 0.2) is 95.0 Å². The summed E-state index contributed by atoms with van der Waals surface area (Å²) in [7, 11) is -4.24. The van der Waals surface area contributed by atoms with Crippen molar-refractivity contribution in [1.29, 1.82) is 0 Å². The van der Waals surface area contributed by atoms with E-state index in [4.69, 9.17) is 4.52 Å². The number of β-amino-alcohol motifs (C(OH)–C–C–N with tert-alkyl or cyclic N) is 1. The van der Waals surface area contributed by atoms with Crippen molar-refractivity contribution < 1.29 is 50.7 Å². The summed E-state index contributed by atoms with van der Waals surface area (Å²) in [6.07, 6.45) is -2.15. The van der Waals surface area contributed by atoms with Crippen molar-refractivity contribution in [1.82, 2.24) is 39.5 Å². The van der Waals surface area contributed by atoms with Gasteiger partial charge in [-0.2, -0.15) is 21.5 Å². The summed E-state index contributed by atoms with van der Waals surface area (Å²) >= 11 is 1.53. The van der Waals surface area contributed by atoms with Gasteiger partial charge in [-0.15, -0.1) is 11.3 Å². The van der Waals surface area contributed by atoms with Crippen molar-refractivity contribution in [3.05, 3.63) is 130 Å². The summed E-state index contributed by atoms with van der Waals surface area (Å²) in [5.74, 6) is -3.76. The number of fused-ring (bicyclic) bond motifs is 1. The summed E-state index contributed by atoms with van der Waals surface area (Å²) in [6.45, 7) is 9.07. The van der Waals surface area contributed by atoms with Gasteiger partial charge in [-0.05, 0) is 66.3 Å². The summed E-state index contributed by atoms with van der Waals surface area (Å²) in [4.78, 5) is 62.2. The topological polar surface area (TPSA) is 234 Å². The first-order chi connectivity index (χ1) is 38.4. The minimum absolute atomic E-state index is 0.00168. The number of H-pyrrole nitrogens is 1. The van der Waals surface area contributed by atoms with Gasteiger partial charge >= 0.3 is 10.2 Å². The highest BCUT2D eigenvalue weighted by molar-refractivity contribution is 7.90. The largest absolute Gasteiger partial charge is 0.394 e. The smallest absolute Gasteiger partial charge is 0.301 e. The molecule has 24 heteroatoms. The van der Waals surface area contributed by atoms with Crippen LogP contribution in [0.1, 0.15) is 71.6 Å².